The average molecular weight is 227 g/mol. The van der Waals surface area contributed by atoms with Crippen molar-refractivity contribution in [2.75, 3.05) is 0 Å². The Morgan fingerprint density at radius 2 is 0.833 bits per heavy atom. The van der Waals surface area contributed by atoms with Crippen LogP contribution in [0.2, 0.25) is 0 Å². The van der Waals surface area contributed by atoms with E-state index in [4.69, 9.17) is 0 Å². The van der Waals surface area contributed by atoms with E-state index in [2.05, 4.69) is 0 Å². The topological polar surface area (TPSA) is 0 Å². The molecule has 0 bridgehead atoms. The van der Waals surface area contributed by atoms with Crippen LogP contribution < -0.4 is 29.6 Å². The summed E-state index contributed by atoms with van der Waals surface area (Å²) in [4.78, 5) is 0. The molecule has 0 fully saturated rings. The Balaban J connectivity index is 0. The van der Waals surface area contributed by atoms with Crippen molar-refractivity contribution in [1.29, 1.82) is 0 Å². The molecule has 0 aromatic heterocycles. The second-order valence-electron chi connectivity index (χ2n) is 0. The molecule has 0 N–H and O–H groups in total. The van der Waals surface area contributed by atoms with Gasteiger partial charge in [0.1, 0.15) is 0 Å². The molecule has 5 heteroatoms. The van der Waals surface area contributed by atoms with Gasteiger partial charge in [0.2, 0.25) is 0 Å². The molecule has 40 valence electrons. The summed E-state index contributed by atoms with van der Waals surface area (Å²) in [6, 6.07) is 0. The van der Waals surface area contributed by atoms with Crippen molar-refractivity contribution in [3.63, 3.8) is 0 Å². The monoisotopic (exact) mass is 227 g/mol. The van der Waals surface area contributed by atoms with E-state index in [1.807, 2.05) is 0 Å². The van der Waals surface area contributed by atoms with Gasteiger partial charge in [0.05, 0.1) is 0 Å². The molecular formula is CH4BCo3Na-. The summed E-state index contributed by atoms with van der Waals surface area (Å²) in [6.45, 7) is 0. The van der Waals surface area contributed by atoms with Crippen LogP contribution in [0.3, 0.4) is 0 Å². The Kier molecular flexibility index (Phi) is 607. The second kappa shape index (κ2) is 49.2. The predicted octanol–water partition coefficient (Wildman–Crippen LogP) is -2.82. The van der Waals surface area contributed by atoms with Gasteiger partial charge in [-0.2, -0.15) is 0 Å². The summed E-state index contributed by atoms with van der Waals surface area (Å²) in [5.74, 6) is 0. The number of hydrogen-bond acceptors (Lipinski definition) is 0. The summed E-state index contributed by atoms with van der Waals surface area (Å²) in [6.07, 6.45) is 0. The third-order valence-electron chi connectivity index (χ3n) is 0. The normalized spacial score (nSPS) is 0. The van der Waals surface area contributed by atoms with Gasteiger partial charge in [-0.15, -0.1) is 0 Å². The number of hydrogen-bond donors (Lipinski definition) is 0. The molecule has 0 aromatic carbocycles. The van der Waals surface area contributed by atoms with Gasteiger partial charge in [-0.25, -0.2) is 0 Å². The van der Waals surface area contributed by atoms with E-state index in [1.54, 1.807) is 0 Å². The largest absolute Gasteiger partial charge is 1.00 e. The molecular weight excluding hydrogens is 223 g/mol. The summed E-state index contributed by atoms with van der Waals surface area (Å²) in [5, 5.41) is 0. The maximum absolute atomic E-state index is 0. The van der Waals surface area contributed by atoms with Gasteiger partial charge in [-0.1, -0.05) is 0 Å². The first kappa shape index (κ1) is 73.9. The van der Waals surface area contributed by atoms with Crippen LogP contribution in [0.15, 0.2) is 0 Å². The van der Waals surface area contributed by atoms with Crippen LogP contribution in [-0.4, -0.2) is 8.41 Å². The van der Waals surface area contributed by atoms with Crippen molar-refractivity contribution in [3.05, 3.63) is 7.43 Å². The van der Waals surface area contributed by atoms with E-state index < -0.39 is 0 Å². The minimum Gasteiger partial charge on any atom is -1.00 e. The van der Waals surface area contributed by atoms with Crippen LogP contribution in [0.4, 0.5) is 0 Å². The molecule has 0 aromatic rings. The molecule has 0 nitrogen and oxygen atoms in total. The van der Waals surface area contributed by atoms with Crippen LogP contribution in [0.1, 0.15) is 1.43 Å². The minimum absolute atomic E-state index is 0. The second-order valence-corrected chi connectivity index (χ2v) is 0. The fourth-order valence-corrected chi connectivity index (χ4v) is 0. The molecule has 0 aliphatic carbocycles. The van der Waals surface area contributed by atoms with Crippen LogP contribution in [0, 0.1) is 7.43 Å². The first-order valence-electron chi connectivity index (χ1n) is 0. The molecule has 0 aliphatic rings. The van der Waals surface area contributed by atoms with Crippen molar-refractivity contribution in [1.82, 2.24) is 0 Å². The van der Waals surface area contributed by atoms with Crippen molar-refractivity contribution in [2.24, 2.45) is 0 Å². The van der Waals surface area contributed by atoms with Crippen molar-refractivity contribution < 1.29 is 81.3 Å². The third kappa shape index (κ3) is 30.7. The Bertz CT molecular complexity index is 14.9. The van der Waals surface area contributed by atoms with Crippen molar-refractivity contribution in [2.45, 2.75) is 0 Å². The van der Waals surface area contributed by atoms with E-state index >= 15 is 0 Å². The Labute approximate surface area is 95.9 Å². The van der Waals surface area contributed by atoms with Crippen LogP contribution in [0.25, 0.3) is 0 Å². The minimum atomic E-state index is 0. The zero-order chi connectivity index (χ0) is 0. The van der Waals surface area contributed by atoms with E-state index in [0.29, 0.717) is 0 Å². The molecule has 0 atom stereocenters. The summed E-state index contributed by atoms with van der Waals surface area (Å²) >= 11 is 0. The summed E-state index contributed by atoms with van der Waals surface area (Å²) < 4.78 is 0. The van der Waals surface area contributed by atoms with E-state index in [-0.39, 0.29) is 97.2 Å². The van der Waals surface area contributed by atoms with Crippen LogP contribution in [0.5, 0.6) is 0 Å². The SMILES string of the molecule is [B].[CH3-].[Co].[Co].[Co].[H-].[Na+]. The molecule has 0 saturated carbocycles. The molecule has 0 saturated heterocycles. The smallest absolute Gasteiger partial charge is 1.00 e. The molecule has 0 spiro atoms. The maximum Gasteiger partial charge on any atom is 1.00 e. The van der Waals surface area contributed by atoms with Gasteiger partial charge >= 0.3 is 29.6 Å². The summed E-state index contributed by atoms with van der Waals surface area (Å²) in [5.41, 5.74) is 0. The Morgan fingerprint density at radius 3 is 0.833 bits per heavy atom. The first-order chi connectivity index (χ1) is 0. The standard InChI is InChI=1S/CH3.B.3Co.Na.H/h1H3;;;;;;/q-1;;;;;+1;-1. The number of rotatable bonds is 0. The third-order valence-corrected chi connectivity index (χ3v) is 0. The quantitative estimate of drug-likeness (QED) is 0.309. The fourth-order valence-electron chi connectivity index (χ4n) is 0. The molecule has 0 unspecified atom stereocenters. The van der Waals surface area contributed by atoms with Crippen LogP contribution >= 0.6 is 0 Å². The molecule has 6 heavy (non-hydrogen) atoms. The predicted molar refractivity (Wildman–Crippen MR) is 13.3 cm³/mol. The van der Waals surface area contributed by atoms with Gasteiger partial charge in [-0.05, 0) is 0 Å². The van der Waals surface area contributed by atoms with E-state index in [9.17, 15) is 0 Å². The molecule has 0 aliphatic heterocycles. The first-order valence-corrected chi connectivity index (χ1v) is 0. The van der Waals surface area contributed by atoms with Gasteiger partial charge in [0, 0.05) is 58.7 Å². The molecule has 0 rings (SSSR count). The van der Waals surface area contributed by atoms with E-state index in [0.717, 1.165) is 0 Å². The van der Waals surface area contributed by atoms with Crippen LogP contribution in [-0.2, 0) is 50.3 Å². The zero-order valence-corrected chi connectivity index (χ0v) is 8.70. The van der Waals surface area contributed by atoms with Gasteiger partial charge in [-0.3, -0.25) is 0 Å². The van der Waals surface area contributed by atoms with Crippen molar-refractivity contribution in [3.8, 4) is 0 Å². The average Bonchev–Trinajstić information content (AvgIpc) is 0. The van der Waals surface area contributed by atoms with Gasteiger partial charge in [0.15, 0.2) is 0 Å². The zero-order valence-electron chi connectivity index (χ0n) is 4.58. The Hall–Kier alpha value is 2.58. The fraction of sp³-hybridized carbons (Fsp3) is 0. The van der Waals surface area contributed by atoms with Crippen molar-refractivity contribution >= 4 is 8.41 Å². The maximum atomic E-state index is 0. The van der Waals surface area contributed by atoms with Gasteiger partial charge < -0.3 is 8.85 Å². The molecule has 6 radical (unpaired) electrons. The molecule has 0 heterocycles. The summed E-state index contributed by atoms with van der Waals surface area (Å²) in [7, 11) is 0. The van der Waals surface area contributed by atoms with E-state index in [1.165, 1.54) is 0 Å². The van der Waals surface area contributed by atoms with Gasteiger partial charge in [0.25, 0.3) is 0 Å². The molecule has 0 amide bonds. The Morgan fingerprint density at radius 1 is 0.833 bits per heavy atom.